The Labute approximate surface area is 193 Å². The second-order valence-corrected chi connectivity index (χ2v) is 10.6. The van der Waals surface area contributed by atoms with E-state index in [0.717, 1.165) is 24.2 Å². The maximum Gasteiger partial charge on any atom is 0.262 e. The minimum atomic E-state index is -3.66. The number of nitrogens with one attached hydrogen (secondary N) is 1. The number of amides is 3. The summed E-state index contributed by atoms with van der Waals surface area (Å²) in [6.07, 6.45) is 2.66. The van der Waals surface area contributed by atoms with E-state index < -0.39 is 33.8 Å². The number of carbonyl (C=O) groups is 3. The zero-order valence-electron chi connectivity index (χ0n) is 18.7. The van der Waals surface area contributed by atoms with Crippen LogP contribution in [-0.2, 0) is 14.8 Å². The molecule has 1 saturated heterocycles. The zero-order chi connectivity index (χ0) is 23.8. The van der Waals surface area contributed by atoms with E-state index in [-0.39, 0.29) is 21.9 Å². The predicted octanol–water partition coefficient (Wildman–Crippen LogP) is 3.12. The topological polar surface area (TPSA) is 104 Å². The van der Waals surface area contributed by atoms with Gasteiger partial charge in [-0.25, -0.2) is 8.42 Å². The van der Waals surface area contributed by atoms with Crippen molar-refractivity contribution >= 4 is 33.4 Å². The Balaban J connectivity index is 1.58. The summed E-state index contributed by atoms with van der Waals surface area (Å²) in [7, 11) is -3.66. The van der Waals surface area contributed by atoms with E-state index in [0.29, 0.717) is 18.8 Å². The van der Waals surface area contributed by atoms with E-state index in [1.807, 2.05) is 0 Å². The van der Waals surface area contributed by atoms with Crippen LogP contribution in [0.15, 0.2) is 53.4 Å². The van der Waals surface area contributed by atoms with Gasteiger partial charge in [-0.05, 0) is 49.1 Å². The van der Waals surface area contributed by atoms with Gasteiger partial charge in [-0.1, -0.05) is 38.5 Å². The Kier molecular flexibility index (Phi) is 6.36. The smallest absolute Gasteiger partial charge is 0.262 e. The molecule has 1 fully saturated rings. The molecule has 2 aromatic rings. The minimum absolute atomic E-state index is 0.101. The van der Waals surface area contributed by atoms with E-state index >= 15 is 0 Å². The van der Waals surface area contributed by atoms with Gasteiger partial charge in [0.25, 0.3) is 11.8 Å². The summed E-state index contributed by atoms with van der Waals surface area (Å²) in [6.45, 7) is 4.47. The Morgan fingerprint density at radius 3 is 2.09 bits per heavy atom. The lowest BCUT2D eigenvalue weighted by molar-refractivity contribution is -0.121. The molecule has 0 radical (unpaired) electrons. The van der Waals surface area contributed by atoms with Crippen LogP contribution in [0.3, 0.4) is 0 Å². The van der Waals surface area contributed by atoms with Gasteiger partial charge in [0.15, 0.2) is 0 Å². The van der Waals surface area contributed by atoms with Crippen molar-refractivity contribution < 1.29 is 22.8 Å². The number of hydrogen-bond donors (Lipinski definition) is 1. The number of benzene rings is 2. The number of imide groups is 1. The van der Waals surface area contributed by atoms with Crippen molar-refractivity contribution in [3.63, 3.8) is 0 Å². The van der Waals surface area contributed by atoms with Crippen molar-refractivity contribution in [2.24, 2.45) is 5.92 Å². The normalized spacial score (nSPS) is 17.8. The van der Waals surface area contributed by atoms with Gasteiger partial charge in [0.05, 0.1) is 16.0 Å². The van der Waals surface area contributed by atoms with Crippen LogP contribution < -0.4 is 5.32 Å². The zero-order valence-corrected chi connectivity index (χ0v) is 19.5. The molecule has 4 rings (SSSR count). The molecule has 2 aromatic carbocycles. The second kappa shape index (κ2) is 9.07. The van der Waals surface area contributed by atoms with E-state index in [1.54, 1.807) is 50.2 Å². The maximum atomic E-state index is 13.2. The Hall–Kier alpha value is -3.04. The number of fused-ring (bicyclic) bond motifs is 1. The van der Waals surface area contributed by atoms with Crippen molar-refractivity contribution in [3.8, 4) is 0 Å². The summed E-state index contributed by atoms with van der Waals surface area (Å²) < 4.78 is 27.5. The molecule has 2 heterocycles. The number of sulfonamides is 1. The van der Waals surface area contributed by atoms with Gasteiger partial charge in [0.2, 0.25) is 15.9 Å². The number of carbonyl (C=O) groups excluding carboxylic acids is 3. The van der Waals surface area contributed by atoms with Crippen LogP contribution in [-0.4, -0.2) is 54.5 Å². The molecule has 1 atom stereocenters. The first-order valence-electron chi connectivity index (χ1n) is 11.1. The van der Waals surface area contributed by atoms with Gasteiger partial charge >= 0.3 is 0 Å². The molecule has 8 nitrogen and oxygen atoms in total. The average Bonchev–Trinajstić information content (AvgIpc) is 3.05. The highest BCUT2D eigenvalue weighted by atomic mass is 32.2. The predicted molar refractivity (Wildman–Crippen MR) is 123 cm³/mol. The fourth-order valence-electron chi connectivity index (χ4n) is 4.38. The molecule has 1 N–H and O–H groups in total. The molecule has 0 aromatic heterocycles. The van der Waals surface area contributed by atoms with Crippen LogP contribution in [0.25, 0.3) is 0 Å². The lowest BCUT2D eigenvalue weighted by Crippen LogP contribution is -2.50. The fourth-order valence-corrected chi connectivity index (χ4v) is 5.95. The molecule has 174 valence electrons. The summed E-state index contributed by atoms with van der Waals surface area (Å²) in [5.74, 6) is -1.92. The van der Waals surface area contributed by atoms with Crippen molar-refractivity contribution in [2.75, 3.05) is 18.4 Å². The van der Waals surface area contributed by atoms with Gasteiger partial charge in [0.1, 0.15) is 6.04 Å². The van der Waals surface area contributed by atoms with Crippen LogP contribution >= 0.6 is 0 Å². The molecule has 2 aliphatic heterocycles. The molecule has 9 heteroatoms. The average molecular weight is 470 g/mol. The highest BCUT2D eigenvalue weighted by Gasteiger charge is 2.44. The van der Waals surface area contributed by atoms with Crippen molar-refractivity contribution in [1.29, 1.82) is 0 Å². The van der Waals surface area contributed by atoms with Gasteiger partial charge in [-0.15, -0.1) is 0 Å². The van der Waals surface area contributed by atoms with E-state index in [4.69, 9.17) is 0 Å². The van der Waals surface area contributed by atoms with Crippen molar-refractivity contribution in [2.45, 2.75) is 44.0 Å². The molecule has 2 aliphatic rings. The lowest BCUT2D eigenvalue weighted by Gasteiger charge is -2.28. The van der Waals surface area contributed by atoms with E-state index in [1.165, 1.54) is 16.4 Å². The van der Waals surface area contributed by atoms with Crippen LogP contribution in [0, 0.1) is 5.92 Å². The third kappa shape index (κ3) is 4.30. The number of rotatable bonds is 6. The van der Waals surface area contributed by atoms with Crippen LogP contribution in [0.4, 0.5) is 5.69 Å². The number of nitrogens with zero attached hydrogens (tertiary/aromatic N) is 2. The van der Waals surface area contributed by atoms with Gasteiger partial charge in [0, 0.05) is 18.8 Å². The third-order valence-corrected chi connectivity index (χ3v) is 7.95. The van der Waals surface area contributed by atoms with Gasteiger partial charge in [-0.3, -0.25) is 19.3 Å². The first kappa shape index (κ1) is 23.1. The monoisotopic (exact) mass is 469 g/mol. The largest absolute Gasteiger partial charge is 0.324 e. The van der Waals surface area contributed by atoms with Crippen LogP contribution in [0.5, 0.6) is 0 Å². The molecule has 0 spiro atoms. The number of hydrogen-bond acceptors (Lipinski definition) is 5. The van der Waals surface area contributed by atoms with Crippen LogP contribution in [0.2, 0.25) is 0 Å². The van der Waals surface area contributed by atoms with Crippen LogP contribution in [0.1, 0.15) is 53.8 Å². The molecule has 33 heavy (non-hydrogen) atoms. The van der Waals surface area contributed by atoms with Crippen molar-refractivity contribution in [3.05, 3.63) is 59.7 Å². The fraction of sp³-hybridized carbons (Fsp3) is 0.375. The molecular weight excluding hydrogens is 442 g/mol. The molecule has 0 saturated carbocycles. The molecule has 0 bridgehead atoms. The number of anilines is 1. The van der Waals surface area contributed by atoms with Gasteiger partial charge < -0.3 is 5.32 Å². The first-order valence-corrected chi connectivity index (χ1v) is 12.5. The summed E-state index contributed by atoms with van der Waals surface area (Å²) in [5, 5.41) is 2.72. The highest BCUT2D eigenvalue weighted by Crippen LogP contribution is 2.28. The quantitative estimate of drug-likeness (QED) is 0.655. The SMILES string of the molecule is CC(C)C(C(=O)Nc1cccc(S(=O)(=O)N2CCCCC2)c1)N1C(=O)c2ccccc2C1=O. The summed E-state index contributed by atoms with van der Waals surface area (Å²) >= 11 is 0. The van der Waals surface area contributed by atoms with E-state index in [9.17, 15) is 22.8 Å². The molecule has 3 amide bonds. The summed E-state index contributed by atoms with van der Waals surface area (Å²) in [5.41, 5.74) is 0.839. The summed E-state index contributed by atoms with van der Waals surface area (Å²) in [4.78, 5) is 40.2. The minimum Gasteiger partial charge on any atom is -0.324 e. The molecule has 1 unspecified atom stereocenters. The Morgan fingerprint density at radius 1 is 0.909 bits per heavy atom. The molecule has 0 aliphatic carbocycles. The maximum absolute atomic E-state index is 13.2. The van der Waals surface area contributed by atoms with Crippen molar-refractivity contribution in [1.82, 2.24) is 9.21 Å². The first-order chi connectivity index (χ1) is 15.7. The Morgan fingerprint density at radius 2 is 1.52 bits per heavy atom. The van der Waals surface area contributed by atoms with E-state index in [2.05, 4.69) is 5.32 Å². The third-order valence-electron chi connectivity index (χ3n) is 6.06. The summed E-state index contributed by atoms with van der Waals surface area (Å²) in [6, 6.07) is 11.5. The Bertz CT molecular complexity index is 1170. The lowest BCUT2D eigenvalue weighted by atomic mass is 10.0. The number of piperidine rings is 1. The molecular formula is C24H27N3O5S. The standard InChI is InChI=1S/C24H27N3O5S/c1-16(2)21(27-23(29)19-11-4-5-12-20(19)24(27)30)22(28)25-17-9-8-10-18(15-17)33(31,32)26-13-6-3-7-14-26/h4-5,8-12,15-16,21H,3,6-7,13-14H2,1-2H3,(H,25,28). The second-order valence-electron chi connectivity index (χ2n) is 8.70. The highest BCUT2D eigenvalue weighted by molar-refractivity contribution is 7.89. The van der Waals surface area contributed by atoms with Gasteiger partial charge in [-0.2, -0.15) is 4.31 Å².